The molecule has 0 aromatic carbocycles. The van der Waals surface area contributed by atoms with Crippen LogP contribution in [0.2, 0.25) is 0 Å². The second kappa shape index (κ2) is 5.69. The summed E-state index contributed by atoms with van der Waals surface area (Å²) in [5, 5.41) is 0. The van der Waals surface area contributed by atoms with Crippen molar-refractivity contribution in [3.63, 3.8) is 0 Å². The summed E-state index contributed by atoms with van der Waals surface area (Å²) in [6.45, 7) is 0. The maximum Gasteiger partial charge on any atom is 1.00 e. The molecule has 0 atom stereocenters. The molecule has 0 aliphatic heterocycles. The van der Waals surface area contributed by atoms with Crippen molar-refractivity contribution in [1.82, 2.24) is 0 Å². The normalized spacial score (nSPS) is 28.4. The summed E-state index contributed by atoms with van der Waals surface area (Å²) < 4.78 is 0. The van der Waals surface area contributed by atoms with Crippen molar-refractivity contribution in [2.45, 2.75) is 0 Å². The van der Waals surface area contributed by atoms with Crippen molar-refractivity contribution in [2.75, 3.05) is 0 Å². The minimum absolute atomic E-state index is 0. The third kappa shape index (κ3) is 4.09. The van der Waals surface area contributed by atoms with Gasteiger partial charge in [-0.3, -0.25) is 0 Å². The molecule has 0 spiro atoms. The van der Waals surface area contributed by atoms with Crippen molar-refractivity contribution in [2.24, 2.45) is 0 Å². The fourth-order valence-electron chi connectivity index (χ4n) is 0.470. The molecule has 0 unspecified atom stereocenters. The Balaban J connectivity index is 0.000000640. The van der Waals surface area contributed by atoms with Crippen molar-refractivity contribution < 1.29 is 18.9 Å². The van der Waals surface area contributed by atoms with Gasteiger partial charge in [-0.2, -0.15) is 30.4 Å². The second-order valence-corrected chi connectivity index (χ2v) is 1.46. The van der Waals surface area contributed by atoms with Crippen LogP contribution < -0.4 is 18.9 Å². The zero-order valence-corrected chi connectivity index (χ0v) is 5.54. The van der Waals surface area contributed by atoms with E-state index in [0.29, 0.717) is 0 Å². The van der Waals surface area contributed by atoms with Gasteiger partial charge in [-0.05, 0) is 0 Å². The molecular weight excluding hydrogens is 103 g/mol. The van der Waals surface area contributed by atoms with Crippen LogP contribution in [0, 0.1) is 6.08 Å². The molecule has 0 aromatic rings. The van der Waals surface area contributed by atoms with E-state index in [1.165, 1.54) is 0 Å². The standard InChI is InChI=1S/C8H7.Li/c1-2-4-6-8-7-5-3-1;/h1-7H;/q-1;+1/b2-1-,3-1?,4-2?,5-3-,6-4-,7-5?;. The van der Waals surface area contributed by atoms with Crippen LogP contribution >= 0.6 is 0 Å². The first-order valence-electron chi connectivity index (χ1n) is 2.58. The largest absolute Gasteiger partial charge is 1.00 e. The van der Waals surface area contributed by atoms with E-state index < -0.39 is 0 Å². The van der Waals surface area contributed by atoms with Crippen LogP contribution in [0.25, 0.3) is 0 Å². The Morgan fingerprint density at radius 3 is 2.33 bits per heavy atom. The van der Waals surface area contributed by atoms with Crippen LogP contribution in [-0.4, -0.2) is 0 Å². The smallest absolute Gasteiger partial charge is 0.184 e. The molecule has 0 aromatic heterocycles. The topological polar surface area (TPSA) is 0 Å². The number of allylic oxidation sites excluding steroid dienone is 8. The van der Waals surface area contributed by atoms with Gasteiger partial charge in [0.2, 0.25) is 0 Å². The van der Waals surface area contributed by atoms with E-state index in [-0.39, 0.29) is 18.9 Å². The van der Waals surface area contributed by atoms with Gasteiger partial charge in [0, 0.05) is 0 Å². The Bertz CT molecular complexity index is 105. The minimum Gasteiger partial charge on any atom is -0.184 e. The SMILES string of the molecule is [C-]1=C\C=C/C=C\C=C/1.[Li+]. The van der Waals surface area contributed by atoms with E-state index in [2.05, 4.69) is 6.08 Å². The molecule has 0 nitrogen and oxygen atoms in total. The van der Waals surface area contributed by atoms with Gasteiger partial charge in [0.1, 0.15) is 0 Å². The summed E-state index contributed by atoms with van der Waals surface area (Å²) >= 11 is 0. The average molecular weight is 110 g/mol. The van der Waals surface area contributed by atoms with Gasteiger partial charge < -0.3 is 0 Å². The predicted molar refractivity (Wildman–Crippen MR) is 35.2 cm³/mol. The molecule has 0 heterocycles. The summed E-state index contributed by atoms with van der Waals surface area (Å²) in [6, 6.07) is 0. The van der Waals surface area contributed by atoms with E-state index in [9.17, 15) is 0 Å². The molecule has 1 aliphatic carbocycles. The van der Waals surface area contributed by atoms with Crippen molar-refractivity contribution in [3.8, 4) is 0 Å². The maximum absolute atomic E-state index is 2.94. The van der Waals surface area contributed by atoms with Crippen LogP contribution in [0.3, 0.4) is 0 Å². The van der Waals surface area contributed by atoms with Crippen molar-refractivity contribution >= 4 is 0 Å². The second-order valence-electron chi connectivity index (χ2n) is 1.46. The number of rotatable bonds is 0. The molecule has 1 rings (SSSR count). The van der Waals surface area contributed by atoms with Crippen LogP contribution in [0.1, 0.15) is 0 Å². The first-order chi connectivity index (χ1) is 4.00. The Kier molecular flexibility index (Phi) is 5.41. The molecule has 0 bridgehead atoms. The number of hydrogen-bond donors (Lipinski definition) is 0. The Hall–Kier alpha value is -0.443. The van der Waals surface area contributed by atoms with Crippen molar-refractivity contribution in [3.05, 3.63) is 48.6 Å². The summed E-state index contributed by atoms with van der Waals surface area (Å²) in [6.07, 6.45) is 16.5. The van der Waals surface area contributed by atoms with Crippen LogP contribution in [0.5, 0.6) is 0 Å². The van der Waals surface area contributed by atoms with Gasteiger partial charge >= 0.3 is 18.9 Å². The fourth-order valence-corrected chi connectivity index (χ4v) is 0.470. The third-order valence-corrected chi connectivity index (χ3v) is 0.829. The first-order valence-corrected chi connectivity index (χ1v) is 2.58. The zero-order chi connectivity index (χ0) is 5.66. The number of hydrogen-bond acceptors (Lipinski definition) is 0. The maximum atomic E-state index is 2.94. The van der Waals surface area contributed by atoms with Gasteiger partial charge in [0.25, 0.3) is 0 Å². The Morgan fingerprint density at radius 1 is 0.778 bits per heavy atom. The summed E-state index contributed by atoms with van der Waals surface area (Å²) in [4.78, 5) is 0. The molecule has 0 N–H and O–H groups in total. The van der Waals surface area contributed by atoms with Crippen LogP contribution in [0.4, 0.5) is 0 Å². The predicted octanol–water partition coefficient (Wildman–Crippen LogP) is -0.968. The Labute approximate surface area is 67.8 Å². The zero-order valence-electron chi connectivity index (χ0n) is 5.54. The van der Waals surface area contributed by atoms with E-state index in [4.69, 9.17) is 0 Å². The van der Waals surface area contributed by atoms with Crippen molar-refractivity contribution in [1.29, 1.82) is 0 Å². The quantitative estimate of drug-likeness (QED) is 0.278. The molecule has 40 valence electrons. The molecule has 1 aliphatic rings. The van der Waals surface area contributed by atoms with Gasteiger partial charge in [-0.25, -0.2) is 0 Å². The van der Waals surface area contributed by atoms with Gasteiger partial charge in [0.05, 0.1) is 0 Å². The molecule has 9 heavy (non-hydrogen) atoms. The van der Waals surface area contributed by atoms with Gasteiger partial charge in [-0.15, -0.1) is 12.2 Å². The summed E-state index contributed by atoms with van der Waals surface area (Å²) in [5.41, 5.74) is 0. The van der Waals surface area contributed by atoms with E-state index in [1.807, 2.05) is 42.5 Å². The van der Waals surface area contributed by atoms with Gasteiger partial charge in [0.15, 0.2) is 0 Å². The fraction of sp³-hybridized carbons (Fsp3) is 0. The average Bonchev–Trinajstić information content (AvgIpc) is 1.62. The third-order valence-electron chi connectivity index (χ3n) is 0.829. The summed E-state index contributed by atoms with van der Waals surface area (Å²) in [5.74, 6) is 0. The minimum atomic E-state index is 0. The van der Waals surface area contributed by atoms with Crippen LogP contribution in [-0.2, 0) is 0 Å². The van der Waals surface area contributed by atoms with E-state index in [0.717, 1.165) is 0 Å². The monoisotopic (exact) mass is 110 g/mol. The molecular formula is C8H7Li. The van der Waals surface area contributed by atoms with Gasteiger partial charge in [-0.1, -0.05) is 6.08 Å². The Morgan fingerprint density at radius 2 is 1.44 bits per heavy atom. The van der Waals surface area contributed by atoms with E-state index in [1.54, 1.807) is 0 Å². The molecule has 0 radical (unpaired) electrons. The first kappa shape index (κ1) is 8.56. The molecule has 0 saturated heterocycles. The molecule has 0 saturated carbocycles. The molecule has 0 amide bonds. The summed E-state index contributed by atoms with van der Waals surface area (Å²) in [7, 11) is 0. The van der Waals surface area contributed by atoms with E-state index >= 15 is 0 Å². The molecule has 0 fully saturated rings. The van der Waals surface area contributed by atoms with Crippen LogP contribution in [0.15, 0.2) is 42.5 Å². The molecule has 1 heteroatoms.